The average Bonchev–Trinajstić information content (AvgIpc) is 2.34. The van der Waals surface area contributed by atoms with Crippen LogP contribution >= 0.6 is 0 Å². The topological polar surface area (TPSA) is 12.5 Å². The molecule has 0 amide bonds. The Bertz CT molecular complexity index is 69.7. The van der Waals surface area contributed by atoms with Gasteiger partial charge in [-0.05, 0) is 19.3 Å². The van der Waals surface area contributed by atoms with E-state index in [4.69, 9.17) is 4.84 Å². The van der Waals surface area contributed by atoms with Gasteiger partial charge in [-0.25, -0.2) is 0 Å². The predicted octanol–water partition coefficient (Wildman–Crippen LogP) is 2.06. The largest absolute Gasteiger partial charge is 0.299 e. The van der Waals surface area contributed by atoms with E-state index in [2.05, 4.69) is 12.0 Å². The smallest absolute Gasteiger partial charge is 0.0682 e. The quantitative estimate of drug-likeness (QED) is 0.602. The molecular weight excluding hydrogens is 126 g/mol. The monoisotopic (exact) mass is 145 g/mol. The van der Waals surface area contributed by atoms with Crippen LogP contribution in [-0.4, -0.2) is 24.8 Å². The van der Waals surface area contributed by atoms with Crippen LogP contribution in [0.4, 0.5) is 0 Å². The lowest BCUT2D eigenvalue weighted by atomic mass is 10.4. The second kappa shape index (κ2) is 5.69. The zero-order chi connectivity index (χ0) is 6.53. The molecule has 0 N–H and O–H groups in total. The fourth-order valence-electron chi connectivity index (χ4n) is 1.04. The molecule has 0 aromatic carbocycles. The van der Waals surface area contributed by atoms with Gasteiger partial charge in [0.2, 0.25) is 0 Å². The molecule has 0 atom stereocenters. The fraction of sp³-hybridized carbons (Fsp3) is 1.00. The van der Waals surface area contributed by atoms with Crippen LogP contribution < -0.4 is 0 Å². The van der Waals surface area contributed by atoms with E-state index in [1.165, 1.54) is 12.8 Å². The van der Waals surface area contributed by atoms with Crippen LogP contribution in [-0.2, 0) is 4.84 Å². The summed E-state index contributed by atoms with van der Waals surface area (Å²) in [6, 6.07) is 0. The number of rotatable bonds is 3. The third-order valence-corrected chi connectivity index (χ3v) is 1.54. The first kappa shape index (κ1) is 9.92. The Labute approximate surface area is 64.1 Å². The molecule has 0 bridgehead atoms. The van der Waals surface area contributed by atoms with Gasteiger partial charge in [0.15, 0.2) is 0 Å². The normalized spacial score (nSPS) is 18.9. The lowest BCUT2D eigenvalue weighted by Crippen LogP contribution is -2.19. The minimum atomic E-state index is 0. The van der Waals surface area contributed by atoms with E-state index in [0.717, 1.165) is 26.1 Å². The first-order chi connectivity index (χ1) is 4.43. The van der Waals surface area contributed by atoms with Crippen LogP contribution in [0.5, 0.6) is 0 Å². The van der Waals surface area contributed by atoms with Crippen molar-refractivity contribution in [3.63, 3.8) is 0 Å². The summed E-state index contributed by atoms with van der Waals surface area (Å²) in [5, 5.41) is 2.07. The van der Waals surface area contributed by atoms with Gasteiger partial charge in [-0.2, -0.15) is 5.06 Å². The van der Waals surface area contributed by atoms with Crippen LogP contribution in [0.15, 0.2) is 0 Å². The number of hydrogen-bond donors (Lipinski definition) is 0. The highest BCUT2D eigenvalue weighted by atomic mass is 16.7. The summed E-state index contributed by atoms with van der Waals surface area (Å²) < 4.78 is 0. The van der Waals surface area contributed by atoms with Crippen molar-refractivity contribution in [3.8, 4) is 0 Å². The van der Waals surface area contributed by atoms with Crippen molar-refractivity contribution in [1.29, 1.82) is 0 Å². The van der Waals surface area contributed by atoms with Gasteiger partial charge in [0.1, 0.15) is 0 Å². The molecule has 0 unspecified atom stereocenters. The molecule has 1 saturated heterocycles. The lowest BCUT2D eigenvalue weighted by molar-refractivity contribution is -0.142. The van der Waals surface area contributed by atoms with Crippen LogP contribution in [0.25, 0.3) is 0 Å². The van der Waals surface area contributed by atoms with E-state index in [0.29, 0.717) is 0 Å². The van der Waals surface area contributed by atoms with E-state index in [1.807, 2.05) is 0 Å². The minimum Gasteiger partial charge on any atom is -0.299 e. The summed E-state index contributed by atoms with van der Waals surface area (Å²) in [5.74, 6) is 0. The zero-order valence-electron chi connectivity index (χ0n) is 6.10. The molecule has 0 saturated carbocycles. The zero-order valence-corrected chi connectivity index (χ0v) is 6.10. The summed E-state index contributed by atoms with van der Waals surface area (Å²) in [7, 11) is 0. The summed E-state index contributed by atoms with van der Waals surface area (Å²) >= 11 is 0. The summed E-state index contributed by atoms with van der Waals surface area (Å²) in [5.41, 5.74) is 0. The highest BCUT2D eigenvalue weighted by molar-refractivity contribution is 4.56. The van der Waals surface area contributed by atoms with Crippen molar-refractivity contribution in [3.05, 3.63) is 0 Å². The average molecular weight is 145 g/mol. The second-order valence-electron chi connectivity index (χ2n) is 2.47. The van der Waals surface area contributed by atoms with Gasteiger partial charge in [-0.15, -0.1) is 0 Å². The SMILES string of the molecule is C.CCCON1CCCC1. The van der Waals surface area contributed by atoms with Crippen LogP contribution in [0, 0.1) is 0 Å². The van der Waals surface area contributed by atoms with Crippen LogP contribution in [0.1, 0.15) is 33.6 Å². The Morgan fingerprint density at radius 3 is 2.40 bits per heavy atom. The van der Waals surface area contributed by atoms with Crippen LogP contribution in [0.3, 0.4) is 0 Å². The van der Waals surface area contributed by atoms with Crippen molar-refractivity contribution in [1.82, 2.24) is 5.06 Å². The second-order valence-corrected chi connectivity index (χ2v) is 2.47. The maximum atomic E-state index is 5.39. The Morgan fingerprint density at radius 1 is 1.30 bits per heavy atom. The third-order valence-electron chi connectivity index (χ3n) is 1.54. The van der Waals surface area contributed by atoms with Gasteiger partial charge in [0.05, 0.1) is 6.61 Å². The first-order valence-corrected chi connectivity index (χ1v) is 3.81. The van der Waals surface area contributed by atoms with Gasteiger partial charge < -0.3 is 0 Å². The van der Waals surface area contributed by atoms with E-state index in [9.17, 15) is 0 Å². The highest BCUT2D eigenvalue weighted by Crippen LogP contribution is 2.07. The van der Waals surface area contributed by atoms with Crippen molar-refractivity contribution < 1.29 is 4.84 Å². The van der Waals surface area contributed by atoms with Crippen molar-refractivity contribution in [2.24, 2.45) is 0 Å². The molecule has 1 aliphatic heterocycles. The minimum absolute atomic E-state index is 0. The molecule has 0 spiro atoms. The third kappa shape index (κ3) is 3.18. The van der Waals surface area contributed by atoms with Gasteiger partial charge in [-0.1, -0.05) is 14.4 Å². The Morgan fingerprint density at radius 2 is 1.90 bits per heavy atom. The van der Waals surface area contributed by atoms with Crippen molar-refractivity contribution in [2.75, 3.05) is 19.7 Å². The molecule has 1 aliphatic rings. The maximum absolute atomic E-state index is 5.39. The molecule has 2 heteroatoms. The summed E-state index contributed by atoms with van der Waals surface area (Å²) in [4.78, 5) is 5.39. The summed E-state index contributed by atoms with van der Waals surface area (Å²) in [6.45, 7) is 5.30. The molecule has 62 valence electrons. The number of hydrogen-bond acceptors (Lipinski definition) is 2. The molecule has 1 heterocycles. The Hall–Kier alpha value is -0.0800. The molecule has 10 heavy (non-hydrogen) atoms. The Balaban J connectivity index is 0.000000810. The number of nitrogens with zero attached hydrogens (tertiary/aromatic N) is 1. The molecule has 0 aliphatic carbocycles. The summed E-state index contributed by atoms with van der Waals surface area (Å²) in [6.07, 6.45) is 3.74. The van der Waals surface area contributed by atoms with E-state index < -0.39 is 0 Å². The fourth-order valence-corrected chi connectivity index (χ4v) is 1.04. The molecule has 1 fully saturated rings. The van der Waals surface area contributed by atoms with Gasteiger partial charge in [0, 0.05) is 13.1 Å². The van der Waals surface area contributed by atoms with E-state index in [-0.39, 0.29) is 7.43 Å². The lowest BCUT2D eigenvalue weighted by Gasteiger charge is -2.12. The van der Waals surface area contributed by atoms with Gasteiger partial charge >= 0.3 is 0 Å². The van der Waals surface area contributed by atoms with Gasteiger partial charge in [0.25, 0.3) is 0 Å². The van der Waals surface area contributed by atoms with Crippen LogP contribution in [0.2, 0.25) is 0 Å². The van der Waals surface area contributed by atoms with Crippen molar-refractivity contribution >= 4 is 0 Å². The molecule has 0 aromatic rings. The van der Waals surface area contributed by atoms with Crippen molar-refractivity contribution in [2.45, 2.75) is 33.6 Å². The molecule has 0 radical (unpaired) electrons. The van der Waals surface area contributed by atoms with E-state index in [1.54, 1.807) is 0 Å². The first-order valence-electron chi connectivity index (χ1n) is 3.81. The van der Waals surface area contributed by atoms with E-state index >= 15 is 0 Å². The maximum Gasteiger partial charge on any atom is 0.0682 e. The number of hydroxylamine groups is 2. The molecule has 0 aromatic heterocycles. The molecule has 1 rings (SSSR count). The predicted molar refractivity (Wildman–Crippen MR) is 43.8 cm³/mol. The molecule has 2 nitrogen and oxygen atoms in total. The Kier molecular flexibility index (Phi) is 5.64. The highest BCUT2D eigenvalue weighted by Gasteiger charge is 2.10. The standard InChI is InChI=1S/C7H15NO.CH4/c1-2-7-9-8-5-3-4-6-8;/h2-7H2,1H3;1H4. The molecular formula is C8H19NO. The van der Waals surface area contributed by atoms with Gasteiger partial charge in [-0.3, -0.25) is 4.84 Å².